The zero-order valence-corrected chi connectivity index (χ0v) is 18.2. The summed E-state index contributed by atoms with van der Waals surface area (Å²) in [6.45, 7) is 1.73. The molecule has 4 saturated carbocycles. The zero-order chi connectivity index (χ0) is 20.9. The summed E-state index contributed by atoms with van der Waals surface area (Å²) in [5.41, 5.74) is 0.915. The van der Waals surface area contributed by atoms with Crippen molar-refractivity contribution in [1.82, 2.24) is 4.98 Å². The average molecular weight is 426 g/mol. The van der Waals surface area contributed by atoms with E-state index in [1.54, 1.807) is 19.4 Å². The van der Waals surface area contributed by atoms with Crippen molar-refractivity contribution in [3.05, 3.63) is 35.3 Å². The summed E-state index contributed by atoms with van der Waals surface area (Å²) in [5.74, 6) is 2.44. The first-order chi connectivity index (χ1) is 14.5. The van der Waals surface area contributed by atoms with E-state index in [9.17, 15) is 9.59 Å². The second-order valence-electron chi connectivity index (χ2n) is 9.38. The molecule has 30 heavy (non-hydrogen) atoms. The van der Waals surface area contributed by atoms with Crippen LogP contribution in [-0.4, -0.2) is 30.0 Å². The highest BCUT2D eigenvalue weighted by Crippen LogP contribution is 2.60. The highest BCUT2D eigenvalue weighted by atomic mass is 32.1. The number of carbonyl (C=O) groups excluding carboxylic acids is 2. The third-order valence-electron chi connectivity index (χ3n) is 7.26. The van der Waals surface area contributed by atoms with Crippen LogP contribution in [0.3, 0.4) is 0 Å². The first-order valence-electron chi connectivity index (χ1n) is 10.8. The monoisotopic (exact) mass is 425 g/mol. The quantitative estimate of drug-likeness (QED) is 0.599. The van der Waals surface area contributed by atoms with Gasteiger partial charge in [-0.25, -0.2) is 9.78 Å². The van der Waals surface area contributed by atoms with Gasteiger partial charge in [0.25, 0.3) is 0 Å². The van der Waals surface area contributed by atoms with E-state index in [-0.39, 0.29) is 16.9 Å². The van der Waals surface area contributed by atoms with Gasteiger partial charge in [0, 0.05) is 16.4 Å². The highest BCUT2D eigenvalue weighted by molar-refractivity contribution is 7.13. The van der Waals surface area contributed by atoms with Crippen molar-refractivity contribution in [1.29, 1.82) is 0 Å². The largest absolute Gasteiger partial charge is 0.497 e. The van der Waals surface area contributed by atoms with Gasteiger partial charge >= 0.3 is 5.97 Å². The summed E-state index contributed by atoms with van der Waals surface area (Å²) in [7, 11) is 1.62. The average Bonchev–Trinajstić information content (AvgIpc) is 3.22. The van der Waals surface area contributed by atoms with Crippen LogP contribution in [0.1, 0.15) is 55.9 Å². The van der Waals surface area contributed by atoms with Gasteiger partial charge in [0.15, 0.2) is 17.6 Å². The fourth-order valence-corrected chi connectivity index (χ4v) is 7.15. The van der Waals surface area contributed by atoms with E-state index in [1.807, 2.05) is 24.3 Å². The molecular formula is C24H27NO4S. The van der Waals surface area contributed by atoms with Crippen LogP contribution in [0, 0.1) is 23.2 Å². The summed E-state index contributed by atoms with van der Waals surface area (Å²) in [5, 5.41) is 2.44. The van der Waals surface area contributed by atoms with Crippen LogP contribution in [-0.2, 0) is 9.53 Å². The molecule has 6 rings (SSSR count). The molecule has 1 unspecified atom stereocenters. The molecule has 1 aromatic heterocycles. The second kappa shape index (κ2) is 7.49. The second-order valence-corrected chi connectivity index (χ2v) is 10.2. The van der Waals surface area contributed by atoms with Gasteiger partial charge in [-0.05, 0) is 87.5 Å². The van der Waals surface area contributed by atoms with Gasteiger partial charge < -0.3 is 9.47 Å². The number of nitrogens with zero attached hydrogens (tertiary/aromatic N) is 1. The third kappa shape index (κ3) is 3.45. The first-order valence-corrected chi connectivity index (χ1v) is 11.7. The Morgan fingerprint density at radius 2 is 1.67 bits per heavy atom. The molecule has 0 N–H and O–H groups in total. The standard InChI is InChI=1S/C24H27NO4S/c1-14(21(26)24-10-15-7-16(11-24)9-17(8-15)12-24)29-23(27)20-13-30-22(25-20)18-3-5-19(28-2)6-4-18/h3-6,13-17H,7-12H2,1-2H3. The minimum Gasteiger partial charge on any atom is -0.497 e. The summed E-state index contributed by atoms with van der Waals surface area (Å²) in [4.78, 5) is 30.5. The Morgan fingerprint density at radius 3 is 2.23 bits per heavy atom. The number of ketones is 1. The van der Waals surface area contributed by atoms with Crippen LogP contribution in [0.2, 0.25) is 0 Å². The van der Waals surface area contributed by atoms with Gasteiger partial charge in [0.05, 0.1) is 7.11 Å². The number of Topliss-reactive ketones (excluding diaryl/α,β-unsaturated/α-hetero) is 1. The minimum atomic E-state index is -0.722. The smallest absolute Gasteiger partial charge is 0.358 e. The van der Waals surface area contributed by atoms with Crippen LogP contribution in [0.4, 0.5) is 0 Å². The van der Waals surface area contributed by atoms with Crippen molar-refractivity contribution < 1.29 is 19.1 Å². The molecule has 6 heteroatoms. The number of hydrogen-bond acceptors (Lipinski definition) is 6. The summed E-state index contributed by atoms with van der Waals surface area (Å²) in [6, 6.07) is 7.54. The number of aromatic nitrogens is 1. The molecule has 1 atom stereocenters. The Labute approximate surface area is 180 Å². The molecule has 0 saturated heterocycles. The maximum atomic E-state index is 13.3. The van der Waals surface area contributed by atoms with Crippen molar-refractivity contribution >= 4 is 23.1 Å². The first kappa shape index (κ1) is 19.7. The fraction of sp³-hybridized carbons (Fsp3) is 0.542. The van der Waals surface area contributed by atoms with Gasteiger partial charge in [0.2, 0.25) is 0 Å². The Bertz CT molecular complexity index is 929. The van der Waals surface area contributed by atoms with Crippen LogP contribution in [0.15, 0.2) is 29.6 Å². The number of carbonyl (C=O) groups is 2. The van der Waals surface area contributed by atoms with Gasteiger partial charge in [-0.1, -0.05) is 0 Å². The molecule has 0 spiro atoms. The highest BCUT2D eigenvalue weighted by Gasteiger charge is 2.55. The molecule has 1 aromatic carbocycles. The predicted octanol–water partition coefficient (Wildman–Crippen LogP) is 5.15. The van der Waals surface area contributed by atoms with E-state index in [1.165, 1.54) is 30.6 Å². The lowest BCUT2D eigenvalue weighted by Crippen LogP contribution is -2.52. The molecule has 1 heterocycles. The Morgan fingerprint density at radius 1 is 1.07 bits per heavy atom. The van der Waals surface area contributed by atoms with Gasteiger partial charge in [-0.3, -0.25) is 4.79 Å². The Hall–Kier alpha value is -2.21. The molecule has 2 aromatic rings. The minimum absolute atomic E-state index is 0.126. The van der Waals surface area contributed by atoms with E-state index in [2.05, 4.69) is 4.98 Å². The van der Waals surface area contributed by atoms with E-state index in [0.29, 0.717) is 17.8 Å². The number of esters is 1. The predicted molar refractivity (Wildman–Crippen MR) is 115 cm³/mol. The normalized spacial score (nSPS) is 30.1. The lowest BCUT2D eigenvalue weighted by atomic mass is 9.48. The lowest BCUT2D eigenvalue weighted by Gasteiger charge is -2.56. The lowest BCUT2D eigenvalue weighted by molar-refractivity contribution is -0.152. The van der Waals surface area contributed by atoms with E-state index < -0.39 is 12.1 Å². The number of benzene rings is 1. The molecular weight excluding hydrogens is 398 g/mol. The van der Waals surface area contributed by atoms with Gasteiger partial charge in [-0.2, -0.15) is 0 Å². The van der Waals surface area contributed by atoms with E-state index in [4.69, 9.17) is 9.47 Å². The molecule has 4 aliphatic carbocycles. The molecule has 4 bridgehead atoms. The van der Waals surface area contributed by atoms with Crippen molar-refractivity contribution in [2.24, 2.45) is 23.2 Å². The third-order valence-corrected chi connectivity index (χ3v) is 8.16. The molecule has 0 radical (unpaired) electrons. The summed E-state index contributed by atoms with van der Waals surface area (Å²) < 4.78 is 10.8. The number of rotatable bonds is 6. The van der Waals surface area contributed by atoms with Gasteiger partial charge in [0.1, 0.15) is 10.8 Å². The van der Waals surface area contributed by atoms with Crippen LogP contribution in [0.5, 0.6) is 5.75 Å². The maximum absolute atomic E-state index is 13.3. The van der Waals surface area contributed by atoms with Crippen LogP contribution in [0.25, 0.3) is 10.6 Å². The zero-order valence-electron chi connectivity index (χ0n) is 17.4. The molecule has 5 nitrogen and oxygen atoms in total. The van der Waals surface area contributed by atoms with Gasteiger partial charge in [-0.15, -0.1) is 11.3 Å². The number of hydrogen-bond donors (Lipinski definition) is 0. The van der Waals surface area contributed by atoms with Crippen molar-refractivity contribution in [2.75, 3.05) is 7.11 Å². The molecule has 4 aliphatic rings. The van der Waals surface area contributed by atoms with Crippen molar-refractivity contribution in [3.63, 3.8) is 0 Å². The van der Waals surface area contributed by atoms with Crippen LogP contribution >= 0.6 is 11.3 Å². The van der Waals surface area contributed by atoms with Crippen molar-refractivity contribution in [2.45, 2.75) is 51.6 Å². The number of methoxy groups -OCH3 is 1. The molecule has 4 fully saturated rings. The number of ether oxygens (including phenoxy) is 2. The number of thiazole rings is 1. The Kier molecular flexibility index (Phi) is 4.92. The molecule has 0 amide bonds. The Balaban J connectivity index is 1.26. The summed E-state index contributed by atoms with van der Waals surface area (Å²) in [6.07, 6.45) is 6.09. The van der Waals surface area contributed by atoms with Crippen molar-refractivity contribution in [3.8, 4) is 16.3 Å². The maximum Gasteiger partial charge on any atom is 0.358 e. The summed E-state index contributed by atoms with van der Waals surface area (Å²) >= 11 is 1.39. The fourth-order valence-electron chi connectivity index (χ4n) is 6.35. The SMILES string of the molecule is COc1ccc(-c2nc(C(=O)OC(C)C(=O)C34CC5CC(CC(C5)C3)C4)cs2)cc1. The van der Waals surface area contributed by atoms with Crippen LogP contribution < -0.4 is 4.74 Å². The van der Waals surface area contributed by atoms with E-state index in [0.717, 1.165) is 35.6 Å². The van der Waals surface area contributed by atoms with E-state index >= 15 is 0 Å². The molecule has 158 valence electrons. The topological polar surface area (TPSA) is 65.5 Å². The molecule has 0 aliphatic heterocycles.